The van der Waals surface area contributed by atoms with Crippen LogP contribution in [0.25, 0.3) is 0 Å². The molecule has 0 aliphatic carbocycles. The average Bonchev–Trinajstić information content (AvgIpc) is 2.53. The van der Waals surface area contributed by atoms with Crippen LogP contribution in [-0.2, 0) is 9.53 Å². The largest absolute Gasteiger partial charge is 0.465 e. The molecule has 0 atom stereocenters. The van der Waals surface area contributed by atoms with Gasteiger partial charge in [-0.2, -0.15) is 0 Å². The number of rotatable bonds is 4. The first-order valence-electron chi connectivity index (χ1n) is 6.31. The lowest BCUT2D eigenvalue weighted by atomic mass is 10.0. The van der Waals surface area contributed by atoms with Gasteiger partial charge in [-0.25, -0.2) is 4.79 Å². The Labute approximate surface area is 140 Å². The highest BCUT2D eigenvalue weighted by Gasteiger charge is 2.22. The molecule has 0 heterocycles. The molecule has 1 amide bonds. The minimum absolute atomic E-state index is 0.0116. The van der Waals surface area contributed by atoms with Crippen molar-refractivity contribution in [3.8, 4) is 0 Å². The second-order valence-electron chi connectivity index (χ2n) is 4.33. The third-order valence-electron chi connectivity index (χ3n) is 2.87. The van der Waals surface area contributed by atoms with E-state index >= 15 is 0 Å². The number of methoxy groups -OCH3 is 1. The van der Waals surface area contributed by atoms with Gasteiger partial charge in [-0.05, 0) is 52.9 Å². The summed E-state index contributed by atoms with van der Waals surface area (Å²) in [4.78, 5) is 36.0. The van der Waals surface area contributed by atoms with Crippen molar-refractivity contribution < 1.29 is 19.1 Å². The lowest BCUT2D eigenvalue weighted by Gasteiger charge is -2.08. The van der Waals surface area contributed by atoms with Crippen LogP contribution in [0.2, 0.25) is 0 Å². The number of amides is 1. The molecule has 1 N–H and O–H groups in total. The maximum absolute atomic E-state index is 12.3. The lowest BCUT2D eigenvalue weighted by Crippen LogP contribution is -2.25. The van der Waals surface area contributed by atoms with Crippen LogP contribution in [0, 0.1) is 3.57 Å². The maximum Gasteiger partial charge on any atom is 0.338 e. The number of ketones is 1. The SMILES string of the molecule is COC(=O)c1ccccc1C(=O)C(=O)Nc1cccc(I)c1. The number of ether oxygens (including phenoxy) is 1. The van der Waals surface area contributed by atoms with Crippen molar-refractivity contribution in [1.29, 1.82) is 0 Å². The second-order valence-corrected chi connectivity index (χ2v) is 5.58. The van der Waals surface area contributed by atoms with E-state index in [1.54, 1.807) is 30.3 Å². The maximum atomic E-state index is 12.3. The van der Waals surface area contributed by atoms with Crippen LogP contribution in [-0.4, -0.2) is 24.8 Å². The summed E-state index contributed by atoms with van der Waals surface area (Å²) >= 11 is 2.10. The van der Waals surface area contributed by atoms with E-state index in [2.05, 4.69) is 32.6 Å². The monoisotopic (exact) mass is 409 g/mol. The van der Waals surface area contributed by atoms with Gasteiger partial charge in [-0.15, -0.1) is 0 Å². The Bertz CT molecular complexity index is 742. The molecule has 0 fully saturated rings. The summed E-state index contributed by atoms with van der Waals surface area (Å²) in [5.74, 6) is -2.26. The lowest BCUT2D eigenvalue weighted by molar-refractivity contribution is -0.112. The summed E-state index contributed by atoms with van der Waals surface area (Å²) in [6.07, 6.45) is 0. The van der Waals surface area contributed by atoms with Crippen LogP contribution in [0.3, 0.4) is 0 Å². The fourth-order valence-corrected chi connectivity index (χ4v) is 2.39. The molecule has 6 heteroatoms. The van der Waals surface area contributed by atoms with E-state index in [0.29, 0.717) is 5.69 Å². The van der Waals surface area contributed by atoms with Gasteiger partial charge in [0.05, 0.1) is 12.7 Å². The zero-order valence-corrected chi connectivity index (χ0v) is 13.8. The van der Waals surface area contributed by atoms with Crippen LogP contribution >= 0.6 is 22.6 Å². The summed E-state index contributed by atoms with van der Waals surface area (Å²) in [6.45, 7) is 0. The number of esters is 1. The Balaban J connectivity index is 2.25. The highest BCUT2D eigenvalue weighted by Crippen LogP contribution is 2.15. The molecule has 0 bridgehead atoms. The molecule has 112 valence electrons. The number of Topliss-reactive ketones (excluding diaryl/α,β-unsaturated/α-hetero) is 1. The third-order valence-corrected chi connectivity index (χ3v) is 3.54. The third kappa shape index (κ3) is 3.70. The van der Waals surface area contributed by atoms with E-state index in [-0.39, 0.29) is 11.1 Å². The Morgan fingerprint density at radius 3 is 2.32 bits per heavy atom. The molecule has 0 aromatic heterocycles. The van der Waals surface area contributed by atoms with Crippen molar-refractivity contribution >= 4 is 45.9 Å². The van der Waals surface area contributed by atoms with Crippen LogP contribution in [0.4, 0.5) is 5.69 Å². The highest BCUT2D eigenvalue weighted by atomic mass is 127. The first-order valence-corrected chi connectivity index (χ1v) is 7.39. The van der Waals surface area contributed by atoms with Crippen molar-refractivity contribution in [3.63, 3.8) is 0 Å². The van der Waals surface area contributed by atoms with Crippen molar-refractivity contribution in [1.82, 2.24) is 0 Å². The van der Waals surface area contributed by atoms with Crippen LogP contribution < -0.4 is 5.32 Å². The first kappa shape index (κ1) is 16.2. The Hall–Kier alpha value is -2.22. The molecule has 2 aromatic carbocycles. The molecule has 2 rings (SSSR count). The molecular formula is C16H12INO4. The van der Waals surface area contributed by atoms with Crippen LogP contribution in [0.1, 0.15) is 20.7 Å². The van der Waals surface area contributed by atoms with E-state index in [0.717, 1.165) is 3.57 Å². The van der Waals surface area contributed by atoms with Gasteiger partial charge in [0.25, 0.3) is 11.7 Å². The van der Waals surface area contributed by atoms with E-state index < -0.39 is 17.7 Å². The fraction of sp³-hybridized carbons (Fsp3) is 0.0625. The molecular weight excluding hydrogens is 397 g/mol. The van der Waals surface area contributed by atoms with Gasteiger partial charge in [0, 0.05) is 14.8 Å². The standard InChI is InChI=1S/C16H12INO4/c1-22-16(21)13-8-3-2-7-12(13)14(19)15(20)18-11-6-4-5-10(17)9-11/h2-9H,1H3,(H,18,20). The van der Waals surface area contributed by atoms with Gasteiger partial charge in [-0.1, -0.05) is 18.2 Å². The van der Waals surface area contributed by atoms with Crippen LogP contribution in [0.5, 0.6) is 0 Å². The first-order chi connectivity index (χ1) is 10.5. The van der Waals surface area contributed by atoms with Gasteiger partial charge in [-0.3, -0.25) is 9.59 Å². The number of benzene rings is 2. The normalized spacial score (nSPS) is 9.91. The number of anilines is 1. The van der Waals surface area contributed by atoms with E-state index in [1.807, 2.05) is 6.07 Å². The summed E-state index contributed by atoms with van der Waals surface area (Å²) in [5, 5.41) is 2.52. The Kier molecular flexibility index (Phi) is 5.26. The molecule has 5 nitrogen and oxygen atoms in total. The minimum atomic E-state index is -0.807. The van der Waals surface area contributed by atoms with E-state index in [4.69, 9.17) is 0 Å². The van der Waals surface area contributed by atoms with Crippen molar-refractivity contribution in [2.75, 3.05) is 12.4 Å². The molecule has 0 aliphatic rings. The minimum Gasteiger partial charge on any atom is -0.465 e. The topological polar surface area (TPSA) is 72.5 Å². The van der Waals surface area contributed by atoms with E-state index in [9.17, 15) is 14.4 Å². The molecule has 0 unspecified atom stereocenters. The summed E-state index contributed by atoms with van der Waals surface area (Å²) < 4.78 is 5.55. The molecule has 22 heavy (non-hydrogen) atoms. The predicted molar refractivity (Wildman–Crippen MR) is 89.9 cm³/mol. The van der Waals surface area contributed by atoms with Gasteiger partial charge >= 0.3 is 5.97 Å². The molecule has 0 saturated heterocycles. The number of nitrogens with one attached hydrogen (secondary N) is 1. The highest BCUT2D eigenvalue weighted by molar-refractivity contribution is 14.1. The molecule has 0 saturated carbocycles. The number of halogens is 1. The summed E-state index contributed by atoms with van der Waals surface area (Å²) in [6, 6.07) is 13.1. The number of hydrogen-bond donors (Lipinski definition) is 1. The van der Waals surface area contributed by atoms with Crippen molar-refractivity contribution in [3.05, 3.63) is 63.2 Å². The fourth-order valence-electron chi connectivity index (χ4n) is 1.85. The second kappa shape index (κ2) is 7.17. The summed E-state index contributed by atoms with van der Waals surface area (Å²) in [7, 11) is 1.22. The number of carbonyl (C=O) groups is 3. The summed E-state index contributed by atoms with van der Waals surface area (Å²) in [5.41, 5.74) is 0.589. The smallest absolute Gasteiger partial charge is 0.338 e. The zero-order chi connectivity index (χ0) is 16.1. The van der Waals surface area contributed by atoms with Crippen molar-refractivity contribution in [2.45, 2.75) is 0 Å². The molecule has 2 aromatic rings. The Morgan fingerprint density at radius 1 is 1.00 bits per heavy atom. The Morgan fingerprint density at radius 2 is 1.68 bits per heavy atom. The number of hydrogen-bond acceptors (Lipinski definition) is 4. The van der Waals surface area contributed by atoms with Crippen LogP contribution in [0.15, 0.2) is 48.5 Å². The number of carbonyl (C=O) groups excluding carboxylic acids is 3. The molecule has 0 spiro atoms. The van der Waals surface area contributed by atoms with E-state index in [1.165, 1.54) is 19.2 Å². The van der Waals surface area contributed by atoms with Gasteiger partial charge in [0.1, 0.15) is 0 Å². The quantitative estimate of drug-likeness (QED) is 0.365. The predicted octanol–water partition coefficient (Wildman–Crippen LogP) is 2.90. The zero-order valence-electron chi connectivity index (χ0n) is 11.6. The molecule has 0 radical (unpaired) electrons. The average molecular weight is 409 g/mol. The van der Waals surface area contributed by atoms with Gasteiger partial charge in [0.2, 0.25) is 0 Å². The van der Waals surface area contributed by atoms with Gasteiger partial charge in [0.15, 0.2) is 0 Å². The van der Waals surface area contributed by atoms with Crippen molar-refractivity contribution in [2.24, 2.45) is 0 Å². The molecule has 0 aliphatic heterocycles. The van der Waals surface area contributed by atoms with Gasteiger partial charge < -0.3 is 10.1 Å².